The summed E-state index contributed by atoms with van der Waals surface area (Å²) >= 11 is 1.60. The SMILES string of the molecule is CCC(NC(=O)CC(C)(C(=O)O)C(C)C)c1cccs1. The summed E-state index contributed by atoms with van der Waals surface area (Å²) in [5.41, 5.74) is -1.03. The molecule has 0 radical (unpaired) electrons. The van der Waals surface area contributed by atoms with Gasteiger partial charge in [0.1, 0.15) is 0 Å². The zero-order valence-corrected chi connectivity index (χ0v) is 13.3. The number of rotatable bonds is 7. The van der Waals surface area contributed by atoms with Gasteiger partial charge in [0, 0.05) is 11.3 Å². The largest absolute Gasteiger partial charge is 0.481 e. The highest BCUT2D eigenvalue weighted by Crippen LogP contribution is 2.32. The molecule has 2 atom stereocenters. The van der Waals surface area contributed by atoms with Gasteiger partial charge in [0.05, 0.1) is 11.5 Å². The lowest BCUT2D eigenvalue weighted by atomic mass is 9.76. The molecule has 0 spiro atoms. The smallest absolute Gasteiger partial charge is 0.310 e. The predicted octanol–water partition coefficient (Wildman–Crippen LogP) is 3.45. The molecule has 0 bridgehead atoms. The Bertz CT molecular complexity index is 456. The van der Waals surface area contributed by atoms with Gasteiger partial charge in [0.15, 0.2) is 0 Å². The summed E-state index contributed by atoms with van der Waals surface area (Å²) < 4.78 is 0. The second kappa shape index (κ2) is 6.88. The first-order valence-electron chi connectivity index (χ1n) is 6.87. The van der Waals surface area contributed by atoms with Gasteiger partial charge >= 0.3 is 5.97 Å². The third kappa shape index (κ3) is 3.82. The van der Waals surface area contributed by atoms with E-state index in [1.807, 2.05) is 38.3 Å². The molecule has 112 valence electrons. The molecule has 0 saturated heterocycles. The van der Waals surface area contributed by atoms with E-state index in [9.17, 15) is 14.7 Å². The van der Waals surface area contributed by atoms with Crippen LogP contribution in [0.3, 0.4) is 0 Å². The number of carbonyl (C=O) groups excluding carboxylic acids is 1. The normalized spacial score (nSPS) is 15.7. The third-order valence-electron chi connectivity index (χ3n) is 3.92. The topological polar surface area (TPSA) is 66.4 Å². The molecule has 2 N–H and O–H groups in total. The molecule has 0 aliphatic heterocycles. The first-order valence-corrected chi connectivity index (χ1v) is 7.75. The molecule has 0 saturated carbocycles. The Morgan fingerprint density at radius 3 is 2.50 bits per heavy atom. The second-order valence-corrected chi connectivity index (χ2v) is 6.58. The molecule has 0 aliphatic carbocycles. The summed E-state index contributed by atoms with van der Waals surface area (Å²) in [5, 5.41) is 14.3. The van der Waals surface area contributed by atoms with Gasteiger partial charge in [-0.2, -0.15) is 0 Å². The van der Waals surface area contributed by atoms with E-state index in [0.717, 1.165) is 11.3 Å². The number of amides is 1. The fourth-order valence-corrected chi connectivity index (χ4v) is 2.83. The van der Waals surface area contributed by atoms with Crippen molar-refractivity contribution < 1.29 is 14.7 Å². The monoisotopic (exact) mass is 297 g/mol. The molecular formula is C15H23NO3S. The van der Waals surface area contributed by atoms with E-state index in [2.05, 4.69) is 5.32 Å². The van der Waals surface area contributed by atoms with Crippen LogP contribution in [0.1, 0.15) is 51.5 Å². The van der Waals surface area contributed by atoms with Crippen molar-refractivity contribution in [3.8, 4) is 0 Å². The van der Waals surface area contributed by atoms with Crippen LogP contribution in [0.2, 0.25) is 0 Å². The second-order valence-electron chi connectivity index (χ2n) is 5.60. The van der Waals surface area contributed by atoms with Crippen LogP contribution in [0.4, 0.5) is 0 Å². The standard InChI is InChI=1S/C15H23NO3S/c1-5-11(12-7-6-8-20-12)16-13(17)9-15(4,10(2)3)14(18)19/h6-8,10-11H,5,9H2,1-4H3,(H,16,17)(H,18,19). The number of carbonyl (C=O) groups is 2. The lowest BCUT2D eigenvalue weighted by molar-refractivity contribution is -0.153. The first-order chi connectivity index (χ1) is 9.31. The highest BCUT2D eigenvalue weighted by atomic mass is 32.1. The fourth-order valence-electron chi connectivity index (χ4n) is 1.97. The average molecular weight is 297 g/mol. The fraction of sp³-hybridized carbons (Fsp3) is 0.600. The molecule has 0 fully saturated rings. The van der Waals surface area contributed by atoms with Crippen LogP contribution in [-0.4, -0.2) is 17.0 Å². The molecule has 1 rings (SSSR count). The van der Waals surface area contributed by atoms with E-state index in [1.54, 1.807) is 18.3 Å². The molecule has 0 aromatic carbocycles. The van der Waals surface area contributed by atoms with Crippen molar-refractivity contribution in [2.45, 2.75) is 46.6 Å². The van der Waals surface area contributed by atoms with Crippen LogP contribution in [0.15, 0.2) is 17.5 Å². The van der Waals surface area contributed by atoms with Gasteiger partial charge in [-0.3, -0.25) is 9.59 Å². The van der Waals surface area contributed by atoms with Gasteiger partial charge in [-0.05, 0) is 30.7 Å². The third-order valence-corrected chi connectivity index (χ3v) is 4.91. The van der Waals surface area contributed by atoms with Crippen molar-refractivity contribution in [3.63, 3.8) is 0 Å². The summed E-state index contributed by atoms with van der Waals surface area (Å²) in [6.07, 6.45) is 0.791. The Morgan fingerprint density at radius 2 is 2.10 bits per heavy atom. The minimum Gasteiger partial charge on any atom is -0.481 e. The number of aliphatic carboxylic acids is 1. The molecule has 4 nitrogen and oxygen atoms in total. The molecule has 1 aromatic rings. The van der Waals surface area contributed by atoms with E-state index in [1.165, 1.54) is 0 Å². The van der Waals surface area contributed by atoms with Gasteiger partial charge < -0.3 is 10.4 Å². The summed E-state index contributed by atoms with van der Waals surface area (Å²) in [7, 11) is 0. The van der Waals surface area contributed by atoms with Crippen molar-refractivity contribution in [2.75, 3.05) is 0 Å². The van der Waals surface area contributed by atoms with Gasteiger partial charge in [-0.25, -0.2) is 0 Å². The van der Waals surface area contributed by atoms with Crippen molar-refractivity contribution in [1.82, 2.24) is 5.32 Å². The Kier molecular flexibility index (Phi) is 5.74. The molecule has 2 unspecified atom stereocenters. The van der Waals surface area contributed by atoms with E-state index in [-0.39, 0.29) is 24.3 Å². The van der Waals surface area contributed by atoms with Gasteiger partial charge in [-0.1, -0.05) is 26.8 Å². The van der Waals surface area contributed by atoms with Gasteiger partial charge in [0.25, 0.3) is 0 Å². The van der Waals surface area contributed by atoms with Crippen LogP contribution in [0.5, 0.6) is 0 Å². The van der Waals surface area contributed by atoms with E-state index >= 15 is 0 Å². The van der Waals surface area contributed by atoms with E-state index < -0.39 is 11.4 Å². The maximum Gasteiger partial charge on any atom is 0.310 e. The highest BCUT2D eigenvalue weighted by Gasteiger charge is 2.39. The van der Waals surface area contributed by atoms with Crippen molar-refractivity contribution in [1.29, 1.82) is 0 Å². The summed E-state index contributed by atoms with van der Waals surface area (Å²) in [4.78, 5) is 24.7. The van der Waals surface area contributed by atoms with Crippen LogP contribution in [0, 0.1) is 11.3 Å². The Labute approximate surface area is 124 Å². The van der Waals surface area contributed by atoms with E-state index in [4.69, 9.17) is 0 Å². The molecule has 5 heteroatoms. The van der Waals surface area contributed by atoms with Crippen LogP contribution in [-0.2, 0) is 9.59 Å². The predicted molar refractivity (Wildman–Crippen MR) is 80.7 cm³/mol. The maximum atomic E-state index is 12.2. The van der Waals surface area contributed by atoms with E-state index in [0.29, 0.717) is 0 Å². The van der Waals surface area contributed by atoms with Crippen molar-refractivity contribution in [3.05, 3.63) is 22.4 Å². The van der Waals surface area contributed by atoms with Crippen molar-refractivity contribution in [2.24, 2.45) is 11.3 Å². The minimum atomic E-state index is -1.03. The van der Waals surface area contributed by atoms with Gasteiger partial charge in [-0.15, -0.1) is 11.3 Å². The Morgan fingerprint density at radius 1 is 1.45 bits per heavy atom. The molecule has 1 amide bonds. The summed E-state index contributed by atoms with van der Waals surface area (Å²) in [6, 6.07) is 3.90. The molecular weight excluding hydrogens is 274 g/mol. The number of hydrogen-bond acceptors (Lipinski definition) is 3. The highest BCUT2D eigenvalue weighted by molar-refractivity contribution is 7.10. The average Bonchev–Trinajstić information content (AvgIpc) is 2.88. The number of carboxylic acids is 1. The van der Waals surface area contributed by atoms with Gasteiger partial charge in [0.2, 0.25) is 5.91 Å². The van der Waals surface area contributed by atoms with Crippen LogP contribution < -0.4 is 5.32 Å². The molecule has 0 aliphatic rings. The lowest BCUT2D eigenvalue weighted by Gasteiger charge is -2.29. The van der Waals surface area contributed by atoms with Crippen molar-refractivity contribution >= 4 is 23.2 Å². The molecule has 20 heavy (non-hydrogen) atoms. The van der Waals surface area contributed by atoms with Crippen LogP contribution >= 0.6 is 11.3 Å². The first kappa shape index (κ1) is 16.7. The minimum absolute atomic E-state index is 0.00186. The number of nitrogens with one attached hydrogen (secondary N) is 1. The maximum absolute atomic E-state index is 12.2. The number of hydrogen-bond donors (Lipinski definition) is 2. The zero-order chi connectivity index (χ0) is 15.3. The molecule has 1 aromatic heterocycles. The molecule has 1 heterocycles. The summed E-state index contributed by atoms with van der Waals surface area (Å²) in [5.74, 6) is -1.23. The summed E-state index contributed by atoms with van der Waals surface area (Å²) in [6.45, 7) is 7.30. The Hall–Kier alpha value is -1.36. The zero-order valence-electron chi connectivity index (χ0n) is 12.5. The Balaban J connectivity index is 2.73. The quantitative estimate of drug-likeness (QED) is 0.810. The number of carboxylic acid groups (broad SMARTS) is 1. The lowest BCUT2D eigenvalue weighted by Crippen LogP contribution is -2.40. The van der Waals surface area contributed by atoms with Crippen LogP contribution in [0.25, 0.3) is 0 Å². The number of thiophene rings is 1.